The first-order valence-electron chi connectivity index (χ1n) is 13.2. The van der Waals surface area contributed by atoms with Crippen LogP contribution in [0.1, 0.15) is 0 Å². The standard InChI is InChI=1S/C12H24O6.4C4H3N3O.Er.H3N.7H2O/c1-2-14-5-6-16-9-10-18-12-11-17-8-7-15-4-3-13-1;4*5-1-3(2-6)4(7)8;;;;;;;;;/h1-12H2;4*8H,7H2;;1H3;7*1H2/q;;;;;+3;;;;;;;;/p+1. The average Bonchev–Trinajstić information content (AvgIpc) is 3.07. The Labute approximate surface area is 367 Å². The van der Waals surface area contributed by atoms with Crippen molar-refractivity contribution in [3.05, 3.63) is 45.8 Å². The average molecular weight is 1010 g/mol. The summed E-state index contributed by atoms with van der Waals surface area (Å²) in [5, 5.41) is 103. The van der Waals surface area contributed by atoms with Gasteiger partial charge in [-0.3, -0.25) is 0 Å². The van der Waals surface area contributed by atoms with Crippen LogP contribution in [0, 0.1) is 128 Å². The van der Waals surface area contributed by atoms with Crippen molar-refractivity contribution < 1.29 is 124 Å². The van der Waals surface area contributed by atoms with Gasteiger partial charge in [0.2, 0.25) is 0 Å². The molecule has 0 bridgehead atoms. The van der Waals surface area contributed by atoms with Gasteiger partial charge in [-0.05, 0) is 23.5 Å². The van der Waals surface area contributed by atoms with Crippen molar-refractivity contribution in [2.24, 2.45) is 22.9 Å². The smallest absolute Gasteiger partial charge is 0.859 e. The van der Waals surface area contributed by atoms with Crippen molar-refractivity contribution >= 4 is 0 Å². The third-order valence-corrected chi connectivity index (χ3v) is 4.11. The van der Waals surface area contributed by atoms with E-state index in [1.165, 1.54) is 48.6 Å². The van der Waals surface area contributed by atoms with E-state index in [4.69, 9.17) is 70.5 Å². The monoisotopic (exact) mass is 1010 g/mol. The van der Waals surface area contributed by atoms with Gasteiger partial charge < -0.3 is 116 Å². The number of nitriles is 8. The van der Waals surface area contributed by atoms with Crippen LogP contribution >= 0.6 is 0 Å². The van der Waals surface area contributed by atoms with Crippen LogP contribution in [0.15, 0.2) is 45.8 Å². The number of quaternary nitrogens is 1. The number of rotatable bonds is 0. The normalized spacial score (nSPS) is 10.7. The van der Waals surface area contributed by atoms with Crippen molar-refractivity contribution in [1.29, 1.82) is 42.1 Å². The molecule has 0 unspecified atom stereocenters. The molecule has 1 fully saturated rings. The summed E-state index contributed by atoms with van der Waals surface area (Å²) in [5.74, 6) is -3.91. The molecule has 1 rings (SSSR count). The van der Waals surface area contributed by atoms with Gasteiger partial charge in [-0.1, -0.05) is 0 Å². The molecule has 0 aromatic heterocycles. The van der Waals surface area contributed by atoms with Crippen LogP contribution in [0.25, 0.3) is 0 Å². The molecule has 0 aliphatic carbocycles. The first kappa shape index (κ1) is 89.5. The molecule has 31 heteroatoms. The van der Waals surface area contributed by atoms with Crippen LogP contribution in [-0.2, 0) is 50.3 Å². The Kier molecular flexibility index (Phi) is 106. The molecule has 0 saturated carbocycles. The zero-order valence-electron chi connectivity index (χ0n) is 31.6. The molecule has 0 aromatic rings. The first-order valence-corrected chi connectivity index (χ1v) is 13.2. The van der Waals surface area contributed by atoms with Crippen molar-refractivity contribution in [3.8, 4) is 48.6 Å². The van der Waals surface area contributed by atoms with Gasteiger partial charge in [-0.2, -0.15) is 42.1 Å². The molecule has 1 heterocycles. The third-order valence-electron chi connectivity index (χ3n) is 4.11. The summed E-state index contributed by atoms with van der Waals surface area (Å²) in [6.45, 7) is 7.04. The minimum Gasteiger partial charge on any atom is -0.859 e. The topological polar surface area (TPSA) is 705 Å². The van der Waals surface area contributed by atoms with Crippen LogP contribution in [0.2, 0.25) is 0 Å². The van der Waals surface area contributed by atoms with E-state index in [0.717, 1.165) is 0 Å². The van der Waals surface area contributed by atoms with Gasteiger partial charge in [0.25, 0.3) is 0 Å². The maximum Gasteiger partial charge on any atom is 3.00 e. The summed E-state index contributed by atoms with van der Waals surface area (Å²) in [7, 11) is 0. The predicted octanol–water partition coefficient (Wildman–Crippen LogP) is -11.4. The van der Waals surface area contributed by atoms with Crippen molar-refractivity contribution in [2.45, 2.75) is 0 Å². The Bertz CT molecular complexity index is 1140. The van der Waals surface area contributed by atoms with Gasteiger partial charge in [0.1, 0.15) is 70.8 Å². The summed E-state index contributed by atoms with van der Waals surface area (Å²) in [4.78, 5) is 0. The van der Waals surface area contributed by atoms with Crippen molar-refractivity contribution in [1.82, 2.24) is 6.15 Å². The zero-order chi connectivity index (χ0) is 39.0. The number of ether oxygens (including phenoxy) is 6. The molecule has 30 nitrogen and oxygen atoms in total. The molecule has 0 amide bonds. The molecule has 1 saturated heterocycles. The van der Waals surface area contributed by atoms with Crippen LogP contribution in [0.3, 0.4) is 0 Å². The number of hydrogen-bond donors (Lipinski definition) is 5. The van der Waals surface area contributed by atoms with E-state index in [1.807, 2.05) is 0 Å². The van der Waals surface area contributed by atoms with Crippen molar-refractivity contribution in [3.63, 3.8) is 0 Å². The van der Waals surface area contributed by atoms with E-state index < -0.39 is 45.8 Å². The summed E-state index contributed by atoms with van der Waals surface area (Å²) in [6, 6.07) is 10.7. The molecular weight excluding hydrogens is 958 g/mol. The Hall–Kier alpha value is -6.03. The number of allylic oxidation sites excluding steroid dienone is 4. The van der Waals surface area contributed by atoms with Crippen molar-refractivity contribution in [2.75, 3.05) is 79.3 Å². The van der Waals surface area contributed by atoms with E-state index in [1.54, 1.807) is 0 Å². The van der Waals surface area contributed by atoms with Crippen LogP contribution in [0.5, 0.6) is 0 Å². The Balaban J connectivity index is -0.0000000413. The molecule has 0 spiro atoms. The molecule has 0 atom stereocenters. The predicted molar refractivity (Wildman–Crippen MR) is 191 cm³/mol. The number of nitrogens with two attached hydrogens (primary N) is 4. The maximum atomic E-state index is 9.90. The summed E-state index contributed by atoms with van der Waals surface area (Å²) in [6.07, 6.45) is 0. The van der Waals surface area contributed by atoms with Crippen LogP contribution in [-0.4, -0.2) is 95.7 Å². The van der Waals surface area contributed by atoms with E-state index >= 15 is 0 Å². The second-order valence-corrected chi connectivity index (χ2v) is 7.53. The largest absolute Gasteiger partial charge is 3.00 e. The molecule has 341 valence electrons. The summed E-state index contributed by atoms with van der Waals surface area (Å²) < 4.78 is 32.0. The second kappa shape index (κ2) is 69.8. The SMILES string of the molecule is C1COCCOCCOCCOCCOCCO1.N#CC(C#N)=C(N)[O-].N#CC(C#N)=C(N)[O-].N#CC(C#N)=C(N)[O-].N#CC(C#N)=C(N)[O-].O.O.O.[Er+3].[NH4+].[OH3+].[OH3+].[OH3+].[OH3+]. The zero-order valence-corrected chi connectivity index (χ0v) is 33.4. The molecule has 1 aliphatic rings. The molecular formula is C28H54ErN13O17+4. The Morgan fingerprint density at radius 3 is 0.441 bits per heavy atom. The molecule has 59 heavy (non-hydrogen) atoms. The Morgan fingerprint density at radius 2 is 0.407 bits per heavy atom. The molecule has 30 N–H and O–H groups in total. The van der Waals surface area contributed by atoms with Gasteiger partial charge in [0.05, 0.1) is 79.3 Å². The molecule has 0 aromatic carbocycles. The van der Waals surface area contributed by atoms with E-state index in [2.05, 4.69) is 22.9 Å². The summed E-state index contributed by atoms with van der Waals surface area (Å²) >= 11 is 0. The van der Waals surface area contributed by atoms with Gasteiger partial charge >= 0.3 is 37.3 Å². The fraction of sp³-hybridized carbons (Fsp3) is 0.429. The third kappa shape index (κ3) is 67.1. The van der Waals surface area contributed by atoms with Gasteiger partial charge in [-0.15, -0.1) is 0 Å². The van der Waals surface area contributed by atoms with E-state index in [0.29, 0.717) is 79.3 Å². The maximum absolute atomic E-state index is 9.90. The minimum atomic E-state index is -0.977. The fourth-order valence-corrected chi connectivity index (χ4v) is 1.86. The minimum absolute atomic E-state index is 0. The number of hydrogen-bond acceptors (Lipinski definition) is 22. The second-order valence-electron chi connectivity index (χ2n) is 7.53. The Morgan fingerprint density at radius 1 is 0.322 bits per heavy atom. The first-order chi connectivity index (χ1) is 23.9. The van der Waals surface area contributed by atoms with Gasteiger partial charge in [0.15, 0.2) is 0 Å². The number of nitrogens with zero attached hydrogens (tertiary/aromatic N) is 8. The van der Waals surface area contributed by atoms with E-state index in [-0.39, 0.29) is 81.8 Å². The fourth-order valence-electron chi connectivity index (χ4n) is 1.86. The van der Waals surface area contributed by atoms with Crippen LogP contribution < -0.4 is 49.5 Å². The summed E-state index contributed by atoms with van der Waals surface area (Å²) in [5.41, 5.74) is 15.9. The van der Waals surface area contributed by atoms with Gasteiger partial charge in [0, 0.05) is 0 Å². The van der Waals surface area contributed by atoms with Crippen LogP contribution in [0.4, 0.5) is 0 Å². The molecule has 1 radical (unpaired) electrons. The van der Waals surface area contributed by atoms with E-state index in [9.17, 15) is 20.4 Å². The molecule has 1 aliphatic heterocycles. The quantitative estimate of drug-likeness (QED) is 0.0854. The van der Waals surface area contributed by atoms with Gasteiger partial charge in [-0.25, -0.2) is 0 Å².